The third-order valence-electron chi connectivity index (χ3n) is 1.78. The number of benzene rings is 1. The van der Waals surface area contributed by atoms with Crippen molar-refractivity contribution in [2.75, 3.05) is 0 Å². The van der Waals surface area contributed by atoms with E-state index < -0.39 is 23.5 Å². The van der Waals surface area contributed by atoms with Crippen molar-refractivity contribution in [3.63, 3.8) is 0 Å². The summed E-state index contributed by atoms with van der Waals surface area (Å²) in [4.78, 5) is 0. The Balaban J connectivity index is 3.31. The van der Waals surface area contributed by atoms with Gasteiger partial charge in [0.25, 0.3) is 0 Å². The second-order valence-corrected chi connectivity index (χ2v) is 4.07. The van der Waals surface area contributed by atoms with Crippen LogP contribution in [0, 0.1) is 0 Å². The molecule has 1 aromatic carbocycles. The summed E-state index contributed by atoms with van der Waals surface area (Å²) < 4.78 is 37.0. The largest absolute Gasteiger partial charge is 0.506 e. The Morgan fingerprint density at radius 3 is 2.40 bits per heavy atom. The van der Waals surface area contributed by atoms with Crippen LogP contribution in [-0.4, -0.2) is 11.3 Å². The summed E-state index contributed by atoms with van der Waals surface area (Å²) >= 11 is 8.36. The highest BCUT2D eigenvalue weighted by atomic mass is 79.9. The van der Waals surface area contributed by atoms with E-state index in [1.54, 1.807) is 0 Å². The SMILES string of the molecule is N[C@H](c1c(Br)ccc(Cl)c1O)C(F)(F)F. The van der Waals surface area contributed by atoms with E-state index in [0.29, 0.717) is 0 Å². The number of rotatable bonds is 1. The summed E-state index contributed by atoms with van der Waals surface area (Å²) in [5.41, 5.74) is 4.51. The fourth-order valence-electron chi connectivity index (χ4n) is 1.02. The molecule has 0 saturated heterocycles. The number of nitrogens with two attached hydrogens (primary N) is 1. The molecule has 2 nitrogen and oxygen atoms in total. The first-order chi connectivity index (χ1) is 6.75. The van der Waals surface area contributed by atoms with Crippen molar-refractivity contribution in [2.45, 2.75) is 12.2 Å². The third kappa shape index (κ3) is 2.56. The molecule has 0 heterocycles. The zero-order valence-corrected chi connectivity index (χ0v) is 9.49. The molecule has 1 rings (SSSR count). The molecule has 0 amide bonds. The summed E-state index contributed by atoms with van der Waals surface area (Å²) in [6, 6.07) is 0.293. The van der Waals surface area contributed by atoms with Gasteiger partial charge in [0, 0.05) is 10.0 Å². The van der Waals surface area contributed by atoms with Gasteiger partial charge >= 0.3 is 6.18 Å². The highest BCUT2D eigenvalue weighted by Crippen LogP contribution is 2.42. The van der Waals surface area contributed by atoms with E-state index in [0.717, 1.165) is 0 Å². The van der Waals surface area contributed by atoms with Crippen LogP contribution >= 0.6 is 27.5 Å². The molecule has 0 fully saturated rings. The molecule has 0 radical (unpaired) electrons. The van der Waals surface area contributed by atoms with Crippen molar-refractivity contribution in [1.29, 1.82) is 0 Å². The lowest BCUT2D eigenvalue weighted by molar-refractivity contribution is -0.149. The van der Waals surface area contributed by atoms with Crippen molar-refractivity contribution in [1.82, 2.24) is 0 Å². The summed E-state index contributed by atoms with van der Waals surface area (Å²) in [5, 5.41) is 9.20. The van der Waals surface area contributed by atoms with Crippen LogP contribution in [-0.2, 0) is 0 Å². The highest BCUT2D eigenvalue weighted by Gasteiger charge is 2.40. The maximum atomic E-state index is 12.3. The molecule has 7 heteroatoms. The molecule has 0 spiro atoms. The number of hydrogen-bond acceptors (Lipinski definition) is 2. The molecule has 0 aliphatic heterocycles. The van der Waals surface area contributed by atoms with Gasteiger partial charge < -0.3 is 10.8 Å². The Bertz CT molecular complexity index is 383. The van der Waals surface area contributed by atoms with Crippen molar-refractivity contribution >= 4 is 27.5 Å². The van der Waals surface area contributed by atoms with Crippen molar-refractivity contribution < 1.29 is 18.3 Å². The van der Waals surface area contributed by atoms with Crippen LogP contribution in [0.2, 0.25) is 5.02 Å². The van der Waals surface area contributed by atoms with Gasteiger partial charge in [-0.15, -0.1) is 0 Å². The average Bonchev–Trinajstić information content (AvgIpc) is 2.10. The zero-order chi connectivity index (χ0) is 11.8. The summed E-state index contributed by atoms with van der Waals surface area (Å²) in [7, 11) is 0. The van der Waals surface area contributed by atoms with Crippen LogP contribution in [0.15, 0.2) is 16.6 Å². The number of halogens is 5. The van der Waals surface area contributed by atoms with Gasteiger partial charge in [0.15, 0.2) is 0 Å². The van der Waals surface area contributed by atoms with Crippen molar-refractivity contribution in [3.05, 3.63) is 27.2 Å². The van der Waals surface area contributed by atoms with Crippen LogP contribution in [0.1, 0.15) is 11.6 Å². The Morgan fingerprint density at radius 1 is 1.40 bits per heavy atom. The monoisotopic (exact) mass is 303 g/mol. The van der Waals surface area contributed by atoms with Crippen LogP contribution in [0.3, 0.4) is 0 Å². The highest BCUT2D eigenvalue weighted by molar-refractivity contribution is 9.10. The Hall–Kier alpha value is -0.460. The second-order valence-electron chi connectivity index (χ2n) is 2.81. The molecular weight excluding hydrogens is 298 g/mol. The van der Waals surface area contributed by atoms with E-state index in [1.165, 1.54) is 12.1 Å². The molecule has 0 aliphatic carbocycles. The lowest BCUT2D eigenvalue weighted by Gasteiger charge is -2.18. The van der Waals surface area contributed by atoms with Crippen LogP contribution in [0.25, 0.3) is 0 Å². The third-order valence-corrected chi connectivity index (χ3v) is 2.77. The topological polar surface area (TPSA) is 46.2 Å². The first kappa shape index (κ1) is 12.6. The first-order valence-electron chi connectivity index (χ1n) is 3.74. The lowest BCUT2D eigenvalue weighted by Crippen LogP contribution is -2.28. The van der Waals surface area contributed by atoms with Gasteiger partial charge in [0.2, 0.25) is 0 Å². The molecule has 0 bridgehead atoms. The van der Waals surface area contributed by atoms with E-state index in [9.17, 15) is 18.3 Å². The molecular formula is C8H6BrClF3NO. The lowest BCUT2D eigenvalue weighted by atomic mass is 10.1. The van der Waals surface area contributed by atoms with Gasteiger partial charge in [-0.05, 0) is 12.1 Å². The first-order valence-corrected chi connectivity index (χ1v) is 4.91. The van der Waals surface area contributed by atoms with Gasteiger partial charge in [-0.25, -0.2) is 0 Å². The summed E-state index contributed by atoms with van der Waals surface area (Å²) in [6.07, 6.45) is -4.63. The van der Waals surface area contributed by atoms with Crippen LogP contribution < -0.4 is 5.73 Å². The fourth-order valence-corrected chi connectivity index (χ4v) is 1.75. The van der Waals surface area contributed by atoms with E-state index in [2.05, 4.69) is 15.9 Å². The molecule has 15 heavy (non-hydrogen) atoms. The summed E-state index contributed by atoms with van der Waals surface area (Å²) in [5.74, 6) is -0.657. The molecule has 84 valence electrons. The van der Waals surface area contributed by atoms with Crippen molar-refractivity contribution in [3.8, 4) is 5.75 Å². The Morgan fingerprint density at radius 2 is 1.93 bits per heavy atom. The number of phenols is 1. The number of aromatic hydroxyl groups is 1. The molecule has 0 saturated carbocycles. The Kier molecular flexibility index (Phi) is 3.52. The van der Waals surface area contributed by atoms with E-state index in [4.69, 9.17) is 17.3 Å². The molecule has 1 atom stereocenters. The zero-order valence-electron chi connectivity index (χ0n) is 7.15. The average molecular weight is 304 g/mol. The van der Waals surface area contributed by atoms with Gasteiger partial charge in [0.1, 0.15) is 11.8 Å². The van der Waals surface area contributed by atoms with E-state index in [1.807, 2.05) is 0 Å². The van der Waals surface area contributed by atoms with Crippen molar-refractivity contribution in [2.24, 2.45) is 5.73 Å². The molecule has 1 aromatic rings. The maximum absolute atomic E-state index is 12.3. The van der Waals surface area contributed by atoms with E-state index in [-0.39, 0.29) is 9.50 Å². The number of phenolic OH excluding ortho intramolecular Hbond substituents is 1. The number of alkyl halides is 3. The predicted octanol–water partition coefficient (Wildman–Crippen LogP) is 3.37. The second kappa shape index (κ2) is 4.19. The summed E-state index contributed by atoms with van der Waals surface area (Å²) in [6.45, 7) is 0. The van der Waals surface area contributed by atoms with Gasteiger partial charge in [-0.1, -0.05) is 27.5 Å². The van der Waals surface area contributed by atoms with Crippen LogP contribution in [0.4, 0.5) is 13.2 Å². The maximum Gasteiger partial charge on any atom is 0.407 e. The van der Waals surface area contributed by atoms with Gasteiger partial charge in [-0.2, -0.15) is 13.2 Å². The minimum atomic E-state index is -4.63. The smallest absolute Gasteiger partial charge is 0.407 e. The number of hydrogen-bond donors (Lipinski definition) is 2. The molecule has 0 aliphatic rings. The van der Waals surface area contributed by atoms with Crippen LogP contribution in [0.5, 0.6) is 5.75 Å². The minimum absolute atomic E-state index is 0.0641. The molecule has 0 aromatic heterocycles. The van der Waals surface area contributed by atoms with E-state index >= 15 is 0 Å². The predicted molar refractivity (Wildman–Crippen MR) is 53.8 cm³/mol. The Labute approximate surface area is 97.0 Å². The molecule has 0 unspecified atom stereocenters. The minimum Gasteiger partial charge on any atom is -0.506 e. The molecule has 3 N–H and O–H groups in total. The quantitative estimate of drug-likeness (QED) is 0.835. The van der Waals surface area contributed by atoms with Gasteiger partial charge in [-0.3, -0.25) is 0 Å². The fraction of sp³-hybridized carbons (Fsp3) is 0.250. The normalized spacial score (nSPS) is 14.0. The van der Waals surface area contributed by atoms with Gasteiger partial charge in [0.05, 0.1) is 5.02 Å². The standard InChI is InChI=1S/C8H6BrClF3NO/c9-3-1-2-4(10)6(15)5(3)7(14)8(11,12)13/h1-2,7,15H,14H2/t7-/m1/s1.